The summed E-state index contributed by atoms with van der Waals surface area (Å²) in [6, 6.07) is 5.20. The fourth-order valence-corrected chi connectivity index (χ4v) is 4.45. The topological polar surface area (TPSA) is 87.6 Å². The van der Waals surface area contributed by atoms with Gasteiger partial charge in [-0.25, -0.2) is 18.7 Å². The molecule has 2 heterocycles. The Morgan fingerprint density at radius 1 is 1.24 bits per heavy atom. The lowest BCUT2D eigenvalue weighted by atomic mass is 9.91. The van der Waals surface area contributed by atoms with Crippen LogP contribution in [0.15, 0.2) is 30.3 Å². The number of likely N-dealkylation sites (tertiary alicyclic amines) is 1. The van der Waals surface area contributed by atoms with E-state index in [1.165, 1.54) is 24.3 Å². The summed E-state index contributed by atoms with van der Waals surface area (Å²) in [6.45, 7) is 5.11. The van der Waals surface area contributed by atoms with Crippen LogP contribution in [-0.2, 0) is 10.7 Å². The van der Waals surface area contributed by atoms with E-state index in [2.05, 4.69) is 15.3 Å². The first-order valence-electron chi connectivity index (χ1n) is 12.2. The van der Waals surface area contributed by atoms with Gasteiger partial charge in [0, 0.05) is 30.5 Å². The number of halogens is 4. The number of rotatable bonds is 8. The van der Waals surface area contributed by atoms with Gasteiger partial charge in [0.25, 0.3) is 0 Å². The number of aryl methyl sites for hydroxylation is 1. The van der Waals surface area contributed by atoms with Gasteiger partial charge in [-0.2, -0.15) is 8.78 Å². The Morgan fingerprint density at radius 2 is 1.95 bits per heavy atom. The molecule has 11 heteroatoms. The molecule has 2 atom stereocenters. The number of benzene rings is 2. The van der Waals surface area contributed by atoms with Crippen molar-refractivity contribution in [3.8, 4) is 5.75 Å². The minimum atomic E-state index is -3.84. The number of amides is 1. The van der Waals surface area contributed by atoms with Gasteiger partial charge < -0.3 is 20.1 Å². The molecule has 2 aromatic carbocycles. The van der Waals surface area contributed by atoms with Crippen LogP contribution in [0.4, 0.5) is 23.4 Å². The summed E-state index contributed by atoms with van der Waals surface area (Å²) in [5.74, 6) is -5.15. The van der Waals surface area contributed by atoms with Crippen LogP contribution in [0.3, 0.4) is 0 Å². The van der Waals surface area contributed by atoms with Crippen molar-refractivity contribution < 1.29 is 32.2 Å². The zero-order valence-corrected chi connectivity index (χ0v) is 21.8. The third kappa shape index (κ3) is 5.11. The normalized spacial score (nSPS) is 17.3. The molecule has 3 aromatic rings. The second kappa shape index (κ2) is 10.0. The van der Waals surface area contributed by atoms with Crippen LogP contribution in [0.2, 0.25) is 0 Å². The molecular formula is C27H30F4N4O3. The molecule has 1 saturated heterocycles. The number of hydrogen-bond donors (Lipinski definition) is 2. The van der Waals surface area contributed by atoms with Gasteiger partial charge in [0.05, 0.1) is 23.2 Å². The molecule has 204 valence electrons. The maximum atomic E-state index is 15.3. The molecule has 1 fully saturated rings. The van der Waals surface area contributed by atoms with Gasteiger partial charge in [0.2, 0.25) is 5.91 Å². The van der Waals surface area contributed by atoms with Gasteiger partial charge in [-0.3, -0.25) is 4.79 Å². The van der Waals surface area contributed by atoms with Crippen LogP contribution < -0.4 is 10.1 Å². The Labute approximate surface area is 217 Å². The molecule has 4 rings (SSSR count). The molecule has 0 saturated carbocycles. The van der Waals surface area contributed by atoms with E-state index in [0.29, 0.717) is 24.1 Å². The highest BCUT2D eigenvalue weighted by atomic mass is 19.3. The number of alkyl halides is 2. The van der Waals surface area contributed by atoms with Crippen molar-refractivity contribution in [3.05, 3.63) is 58.9 Å². The quantitative estimate of drug-likeness (QED) is 0.384. The minimum absolute atomic E-state index is 0.00134. The molecule has 1 aromatic heterocycles. The van der Waals surface area contributed by atoms with Gasteiger partial charge in [-0.1, -0.05) is 12.1 Å². The van der Waals surface area contributed by atoms with Crippen LogP contribution in [0.1, 0.15) is 56.6 Å². The standard InChI is InChI=1S/C27H30F4N4O3/c1-14(17-7-6-8-19(24(17)29)27(30,31)26(3,4)37)32-25-18-11-22(20(28)12-21(18)33-15(2)34-25)38-13-16-9-10-23(36)35(16)5/h6-8,11-12,14,16,37H,9-10,13H2,1-5H3,(H,32,33,34)/t14-,16+/m1/s1. The van der Waals surface area contributed by atoms with Crippen LogP contribution >= 0.6 is 0 Å². The minimum Gasteiger partial charge on any atom is -0.488 e. The maximum absolute atomic E-state index is 15.3. The number of carbonyl (C=O) groups excluding carboxylic acids is 1. The second-order valence-corrected chi connectivity index (χ2v) is 10.1. The van der Waals surface area contributed by atoms with Crippen molar-refractivity contribution in [1.29, 1.82) is 0 Å². The van der Waals surface area contributed by atoms with Crippen LogP contribution in [0.25, 0.3) is 10.9 Å². The Morgan fingerprint density at radius 3 is 2.58 bits per heavy atom. The molecule has 2 N–H and O–H groups in total. The Balaban J connectivity index is 1.66. The molecule has 38 heavy (non-hydrogen) atoms. The van der Waals surface area contributed by atoms with Gasteiger partial charge in [0.1, 0.15) is 29.7 Å². The highest BCUT2D eigenvalue weighted by Crippen LogP contribution is 2.41. The molecule has 7 nitrogen and oxygen atoms in total. The predicted molar refractivity (Wildman–Crippen MR) is 134 cm³/mol. The molecule has 0 bridgehead atoms. The largest absolute Gasteiger partial charge is 0.488 e. The van der Waals surface area contributed by atoms with Crippen molar-refractivity contribution in [1.82, 2.24) is 14.9 Å². The average molecular weight is 535 g/mol. The zero-order chi connectivity index (χ0) is 28.0. The van der Waals surface area contributed by atoms with Gasteiger partial charge in [-0.05, 0) is 46.2 Å². The van der Waals surface area contributed by atoms with Crippen LogP contribution in [-0.4, -0.2) is 51.2 Å². The number of hydrogen-bond acceptors (Lipinski definition) is 6. The van der Waals surface area contributed by atoms with E-state index in [-0.39, 0.29) is 41.2 Å². The lowest BCUT2D eigenvalue weighted by Crippen LogP contribution is -2.41. The fraction of sp³-hybridized carbons (Fsp3) is 0.444. The first-order valence-corrected chi connectivity index (χ1v) is 12.2. The Kier molecular flexibility index (Phi) is 7.26. The molecule has 1 amide bonds. The monoisotopic (exact) mass is 534 g/mol. The number of carbonyl (C=O) groups is 1. The van der Waals surface area contributed by atoms with Gasteiger partial charge in [0.15, 0.2) is 11.6 Å². The van der Waals surface area contributed by atoms with Crippen molar-refractivity contribution in [2.45, 2.75) is 64.1 Å². The highest BCUT2D eigenvalue weighted by Gasteiger charge is 2.49. The molecule has 1 aliphatic heterocycles. The second-order valence-electron chi connectivity index (χ2n) is 10.1. The predicted octanol–water partition coefficient (Wildman–Crippen LogP) is 5.25. The van der Waals surface area contributed by atoms with E-state index in [0.717, 1.165) is 19.9 Å². The number of likely N-dealkylation sites (N-methyl/N-ethyl adjacent to an activating group) is 1. The fourth-order valence-electron chi connectivity index (χ4n) is 4.45. The summed E-state index contributed by atoms with van der Waals surface area (Å²) < 4.78 is 65.4. The van der Waals surface area contributed by atoms with E-state index in [4.69, 9.17) is 4.74 Å². The lowest BCUT2D eigenvalue weighted by Gasteiger charge is -2.30. The molecule has 0 spiro atoms. The third-order valence-corrected chi connectivity index (χ3v) is 6.88. The van der Waals surface area contributed by atoms with E-state index in [1.807, 2.05) is 0 Å². The summed E-state index contributed by atoms with van der Waals surface area (Å²) in [5, 5.41) is 13.3. The lowest BCUT2D eigenvalue weighted by molar-refractivity contribution is -0.170. The average Bonchev–Trinajstić information content (AvgIpc) is 3.14. The van der Waals surface area contributed by atoms with E-state index in [9.17, 15) is 23.1 Å². The molecule has 1 aliphatic rings. The SMILES string of the molecule is Cc1nc(N[C@H](C)c2cccc(C(F)(F)C(C)(C)O)c2F)c2cc(OC[C@@H]3CCC(=O)N3C)c(F)cc2n1. The maximum Gasteiger partial charge on any atom is 0.303 e. The van der Waals surface area contributed by atoms with Gasteiger partial charge >= 0.3 is 5.92 Å². The van der Waals surface area contributed by atoms with Crippen LogP contribution in [0, 0.1) is 18.6 Å². The number of nitrogens with zero attached hydrogens (tertiary/aromatic N) is 3. The van der Waals surface area contributed by atoms with E-state index in [1.54, 1.807) is 25.8 Å². The Bertz CT molecular complexity index is 1380. The highest BCUT2D eigenvalue weighted by molar-refractivity contribution is 5.90. The molecular weight excluding hydrogens is 504 g/mol. The summed E-state index contributed by atoms with van der Waals surface area (Å²) in [7, 11) is 1.67. The number of nitrogens with one attached hydrogen (secondary N) is 1. The number of aromatic nitrogens is 2. The Hall–Kier alpha value is -3.47. The van der Waals surface area contributed by atoms with E-state index < -0.39 is 34.8 Å². The zero-order valence-electron chi connectivity index (χ0n) is 21.8. The molecule has 0 radical (unpaired) electrons. The summed E-state index contributed by atoms with van der Waals surface area (Å²) >= 11 is 0. The first-order chi connectivity index (χ1) is 17.7. The first kappa shape index (κ1) is 27.6. The summed E-state index contributed by atoms with van der Waals surface area (Å²) in [6.07, 6.45) is 1.01. The molecule has 0 unspecified atom stereocenters. The summed E-state index contributed by atoms with van der Waals surface area (Å²) in [5.41, 5.74) is -3.20. The number of anilines is 1. The van der Waals surface area contributed by atoms with Gasteiger partial charge in [-0.15, -0.1) is 0 Å². The van der Waals surface area contributed by atoms with Crippen molar-refractivity contribution >= 4 is 22.6 Å². The number of aliphatic hydroxyl groups is 1. The number of ether oxygens (including phenoxy) is 1. The van der Waals surface area contributed by atoms with E-state index >= 15 is 4.39 Å². The van der Waals surface area contributed by atoms with Crippen molar-refractivity contribution in [2.75, 3.05) is 19.0 Å². The molecule has 0 aliphatic carbocycles. The summed E-state index contributed by atoms with van der Waals surface area (Å²) in [4.78, 5) is 22.0. The number of fused-ring (bicyclic) bond motifs is 1. The van der Waals surface area contributed by atoms with Crippen LogP contribution in [0.5, 0.6) is 5.75 Å². The van der Waals surface area contributed by atoms with Crippen molar-refractivity contribution in [3.63, 3.8) is 0 Å². The third-order valence-electron chi connectivity index (χ3n) is 6.88. The smallest absolute Gasteiger partial charge is 0.303 e. The van der Waals surface area contributed by atoms with Crippen molar-refractivity contribution in [2.24, 2.45) is 0 Å².